The zero-order valence-corrected chi connectivity index (χ0v) is 18.5. The van der Waals surface area contributed by atoms with E-state index in [1.807, 2.05) is 73.3 Å². The lowest BCUT2D eigenvalue weighted by Crippen LogP contribution is -2.25. The number of ether oxygens (including phenoxy) is 1. The van der Waals surface area contributed by atoms with Crippen molar-refractivity contribution in [3.05, 3.63) is 70.6 Å². The smallest absolute Gasteiger partial charge is 0.295 e. The van der Waals surface area contributed by atoms with E-state index in [0.717, 1.165) is 35.8 Å². The second-order valence-corrected chi connectivity index (χ2v) is 7.50. The average Bonchev–Trinajstić information content (AvgIpc) is 2.96. The summed E-state index contributed by atoms with van der Waals surface area (Å²) in [4.78, 5) is 13.0. The van der Waals surface area contributed by atoms with Gasteiger partial charge < -0.3 is 15.4 Å². The SMILES string of the molecule is CCCCCOc1ccc(NC(=S)Nc2c(C)n(C)n(-c3ccccc3)c2=O)cc1. The zero-order chi connectivity index (χ0) is 21.5. The second kappa shape index (κ2) is 10.1. The summed E-state index contributed by atoms with van der Waals surface area (Å²) >= 11 is 5.43. The summed E-state index contributed by atoms with van der Waals surface area (Å²) in [5.74, 6) is 0.834. The van der Waals surface area contributed by atoms with Crippen LogP contribution in [0.1, 0.15) is 31.9 Å². The number of unbranched alkanes of at least 4 members (excludes halogenated alkanes) is 2. The van der Waals surface area contributed by atoms with E-state index >= 15 is 0 Å². The van der Waals surface area contributed by atoms with Gasteiger partial charge in [0, 0.05) is 12.7 Å². The lowest BCUT2D eigenvalue weighted by atomic mass is 10.2. The lowest BCUT2D eigenvalue weighted by Gasteiger charge is -2.11. The minimum atomic E-state index is -0.152. The number of anilines is 2. The first-order chi connectivity index (χ1) is 14.5. The molecule has 0 saturated carbocycles. The van der Waals surface area contributed by atoms with Crippen molar-refractivity contribution in [3.8, 4) is 11.4 Å². The van der Waals surface area contributed by atoms with Crippen LogP contribution in [0.5, 0.6) is 5.75 Å². The molecule has 2 aromatic carbocycles. The number of nitrogens with zero attached hydrogens (tertiary/aromatic N) is 2. The zero-order valence-electron chi connectivity index (χ0n) is 17.6. The molecular weight excluding hydrogens is 396 g/mol. The van der Waals surface area contributed by atoms with Crippen molar-refractivity contribution in [1.29, 1.82) is 0 Å². The van der Waals surface area contributed by atoms with E-state index in [4.69, 9.17) is 17.0 Å². The fourth-order valence-corrected chi connectivity index (χ4v) is 3.38. The Hall–Kier alpha value is -3.06. The van der Waals surface area contributed by atoms with Gasteiger partial charge in [-0.05, 0) is 62.0 Å². The van der Waals surface area contributed by atoms with E-state index in [2.05, 4.69) is 17.6 Å². The highest BCUT2D eigenvalue weighted by molar-refractivity contribution is 7.80. The van der Waals surface area contributed by atoms with Crippen molar-refractivity contribution in [1.82, 2.24) is 9.36 Å². The number of hydrogen-bond acceptors (Lipinski definition) is 3. The van der Waals surface area contributed by atoms with Gasteiger partial charge in [0.15, 0.2) is 5.11 Å². The topological polar surface area (TPSA) is 60.2 Å². The molecule has 0 aliphatic rings. The lowest BCUT2D eigenvalue weighted by molar-refractivity contribution is 0.306. The highest BCUT2D eigenvalue weighted by Crippen LogP contribution is 2.18. The van der Waals surface area contributed by atoms with Crippen LogP contribution in [0, 0.1) is 6.92 Å². The van der Waals surface area contributed by atoms with E-state index in [0.29, 0.717) is 10.8 Å². The Kier molecular flexibility index (Phi) is 7.30. The molecule has 0 radical (unpaired) electrons. The fraction of sp³-hybridized carbons (Fsp3) is 0.304. The molecule has 0 atom stereocenters. The Bertz CT molecular complexity index is 1040. The van der Waals surface area contributed by atoms with Gasteiger partial charge in [0.05, 0.1) is 18.0 Å². The van der Waals surface area contributed by atoms with Crippen molar-refractivity contribution in [2.75, 3.05) is 17.2 Å². The summed E-state index contributed by atoms with van der Waals surface area (Å²) in [5, 5.41) is 6.54. The molecule has 0 fully saturated rings. The summed E-state index contributed by atoms with van der Waals surface area (Å²) in [6, 6.07) is 17.2. The molecule has 0 spiro atoms. The van der Waals surface area contributed by atoms with Gasteiger partial charge in [-0.1, -0.05) is 38.0 Å². The first-order valence-corrected chi connectivity index (χ1v) is 10.6. The highest BCUT2D eigenvalue weighted by Gasteiger charge is 2.16. The number of rotatable bonds is 8. The van der Waals surface area contributed by atoms with Gasteiger partial charge in [0.25, 0.3) is 5.56 Å². The molecule has 1 heterocycles. The molecular formula is C23H28N4O2S. The van der Waals surface area contributed by atoms with Gasteiger partial charge in [0.2, 0.25) is 0 Å². The molecule has 3 rings (SSSR count). The Morgan fingerprint density at radius 2 is 1.73 bits per heavy atom. The molecule has 0 saturated heterocycles. The second-order valence-electron chi connectivity index (χ2n) is 7.10. The Morgan fingerprint density at radius 3 is 2.40 bits per heavy atom. The van der Waals surface area contributed by atoms with Crippen LogP contribution < -0.4 is 20.9 Å². The van der Waals surface area contributed by atoms with Gasteiger partial charge >= 0.3 is 0 Å². The highest BCUT2D eigenvalue weighted by atomic mass is 32.1. The Labute approximate surface area is 182 Å². The monoisotopic (exact) mass is 424 g/mol. The fourth-order valence-electron chi connectivity index (χ4n) is 3.16. The molecule has 0 aliphatic carbocycles. The number of nitrogens with one attached hydrogen (secondary N) is 2. The molecule has 0 bridgehead atoms. The van der Waals surface area contributed by atoms with Crippen molar-refractivity contribution in [2.45, 2.75) is 33.1 Å². The number of aromatic nitrogens is 2. The van der Waals surface area contributed by atoms with E-state index in [1.165, 1.54) is 12.8 Å². The van der Waals surface area contributed by atoms with Crippen molar-refractivity contribution < 1.29 is 4.74 Å². The van der Waals surface area contributed by atoms with Crippen molar-refractivity contribution in [2.24, 2.45) is 7.05 Å². The maximum Gasteiger partial charge on any atom is 0.295 e. The molecule has 0 amide bonds. The number of thiocarbonyl (C=S) groups is 1. The molecule has 0 unspecified atom stereocenters. The molecule has 7 heteroatoms. The summed E-state index contributed by atoms with van der Waals surface area (Å²) in [5.41, 5.74) is 2.72. The third-order valence-corrected chi connectivity index (χ3v) is 5.13. The Morgan fingerprint density at radius 1 is 1.03 bits per heavy atom. The van der Waals surface area contributed by atoms with Crippen LogP contribution in [0.3, 0.4) is 0 Å². The normalized spacial score (nSPS) is 10.6. The Balaban J connectivity index is 1.66. The van der Waals surface area contributed by atoms with E-state index in [1.54, 1.807) is 4.68 Å². The summed E-state index contributed by atoms with van der Waals surface area (Å²) < 4.78 is 9.16. The molecule has 0 aliphatic heterocycles. The number of benzene rings is 2. The van der Waals surface area contributed by atoms with Gasteiger partial charge in [0.1, 0.15) is 11.4 Å². The summed E-state index contributed by atoms with van der Waals surface area (Å²) in [6.45, 7) is 4.78. The number of para-hydroxylation sites is 1. The minimum absolute atomic E-state index is 0.152. The van der Waals surface area contributed by atoms with Crippen LogP contribution >= 0.6 is 12.2 Å². The van der Waals surface area contributed by atoms with Gasteiger partial charge in [-0.15, -0.1) is 0 Å². The van der Waals surface area contributed by atoms with Crippen LogP contribution in [0.25, 0.3) is 5.69 Å². The quantitative estimate of drug-likeness (QED) is 0.399. The molecule has 2 N–H and O–H groups in total. The predicted molar refractivity (Wildman–Crippen MR) is 127 cm³/mol. The summed E-state index contributed by atoms with van der Waals surface area (Å²) in [6.07, 6.45) is 3.40. The molecule has 6 nitrogen and oxygen atoms in total. The largest absolute Gasteiger partial charge is 0.494 e. The molecule has 158 valence electrons. The molecule has 1 aromatic heterocycles. The standard InChI is InChI=1S/C23H28N4O2S/c1-4-5-9-16-29-20-14-12-18(13-15-20)24-23(30)25-21-17(2)26(3)27(22(21)28)19-10-7-6-8-11-19/h6-8,10-15H,4-5,9,16H2,1-3H3,(H2,24,25,30). The maximum absolute atomic E-state index is 13.0. The maximum atomic E-state index is 13.0. The van der Waals surface area contributed by atoms with E-state index in [9.17, 15) is 4.79 Å². The van der Waals surface area contributed by atoms with Gasteiger partial charge in [-0.25, -0.2) is 4.68 Å². The van der Waals surface area contributed by atoms with Crippen LogP contribution in [-0.4, -0.2) is 21.1 Å². The van der Waals surface area contributed by atoms with E-state index < -0.39 is 0 Å². The third kappa shape index (κ3) is 5.10. The predicted octanol–water partition coefficient (Wildman–Crippen LogP) is 4.86. The van der Waals surface area contributed by atoms with Crippen LogP contribution in [0.15, 0.2) is 59.4 Å². The van der Waals surface area contributed by atoms with E-state index in [-0.39, 0.29) is 5.56 Å². The first kappa shape index (κ1) is 21.6. The third-order valence-electron chi connectivity index (χ3n) is 4.92. The van der Waals surface area contributed by atoms with Crippen LogP contribution in [0.2, 0.25) is 0 Å². The first-order valence-electron chi connectivity index (χ1n) is 10.2. The number of hydrogen-bond donors (Lipinski definition) is 2. The van der Waals surface area contributed by atoms with Gasteiger partial charge in [-0.2, -0.15) is 0 Å². The van der Waals surface area contributed by atoms with Crippen molar-refractivity contribution >= 4 is 28.7 Å². The molecule has 30 heavy (non-hydrogen) atoms. The van der Waals surface area contributed by atoms with Gasteiger partial charge in [-0.3, -0.25) is 9.48 Å². The average molecular weight is 425 g/mol. The van der Waals surface area contributed by atoms with Crippen LogP contribution in [0.4, 0.5) is 11.4 Å². The minimum Gasteiger partial charge on any atom is -0.494 e. The summed E-state index contributed by atoms with van der Waals surface area (Å²) in [7, 11) is 1.85. The molecule has 3 aromatic rings. The van der Waals surface area contributed by atoms with Crippen molar-refractivity contribution in [3.63, 3.8) is 0 Å². The van der Waals surface area contributed by atoms with Crippen LogP contribution in [-0.2, 0) is 7.05 Å².